The van der Waals surface area contributed by atoms with Gasteiger partial charge in [0.1, 0.15) is 0 Å². The molecule has 4 aromatic carbocycles. The van der Waals surface area contributed by atoms with Gasteiger partial charge in [0, 0.05) is 52.5 Å². The molecule has 0 amide bonds. The smallest absolute Gasteiger partial charge is 0.270 e. The Kier molecular flexibility index (Phi) is 6.97. The number of aryl methyl sites for hydroxylation is 2. The summed E-state index contributed by atoms with van der Waals surface area (Å²) in [4.78, 5) is 14.3. The molecule has 1 N–H and O–H groups in total. The Balaban J connectivity index is 0.00000325. The van der Waals surface area contributed by atoms with E-state index in [1.165, 1.54) is 17.2 Å². The van der Waals surface area contributed by atoms with Crippen LogP contribution in [-0.2, 0) is 19.4 Å². The minimum atomic E-state index is -0.372. The van der Waals surface area contributed by atoms with Crippen molar-refractivity contribution in [1.29, 1.82) is 0 Å². The summed E-state index contributed by atoms with van der Waals surface area (Å²) in [5.74, 6) is 2.98. The maximum Gasteiger partial charge on any atom is 0.270 e. The van der Waals surface area contributed by atoms with Crippen LogP contribution in [0.2, 0.25) is 0 Å². The molecule has 0 saturated heterocycles. The van der Waals surface area contributed by atoms with Crippen molar-refractivity contribution >= 4 is 27.4 Å². The number of methoxy groups -OCH3 is 2. The zero-order valence-corrected chi connectivity index (χ0v) is 25.3. The molecule has 0 bridgehead atoms. The topological polar surface area (TPSA) is 99.7 Å². The molecule has 2 aromatic heterocycles. The van der Waals surface area contributed by atoms with Crippen molar-refractivity contribution in [2.45, 2.75) is 19.4 Å². The molecular weight excluding hydrogens is 594 g/mol. The first-order valence-electron chi connectivity index (χ1n) is 14.4. The third-order valence-electron chi connectivity index (χ3n) is 8.70. The molecule has 226 valence electrons. The standard InChI is InChI=1S/C35H28N3O6.ClH/c1-41-31-10-8-25-27(13-20-3-5-21(6-4-20)30-15-23-14-24(38(39)40)7-9-29(23)36-30)34-26-17-33-32(43-19-44-33)16-22(26)11-12-37(34)18-28(25)35(31)42-2;/h3-10,14-18,36H,11-13,19H2,1-2H3;1H/q+1;/p-1. The summed E-state index contributed by atoms with van der Waals surface area (Å²) >= 11 is 0. The number of hydrogen-bond donors (Lipinski definition) is 1. The van der Waals surface area contributed by atoms with Gasteiger partial charge in [-0.25, -0.2) is 0 Å². The lowest BCUT2D eigenvalue weighted by Gasteiger charge is -2.21. The van der Waals surface area contributed by atoms with Crippen LogP contribution < -0.4 is 35.9 Å². The van der Waals surface area contributed by atoms with E-state index in [0.29, 0.717) is 17.9 Å². The lowest BCUT2D eigenvalue weighted by molar-refractivity contribution is -0.686. The SMILES string of the molecule is COc1ccc2c(Cc3ccc(-c4cc5cc([N+](=O)[O-])ccc5[nH]4)cc3)c3[n+](cc2c1OC)CCc1cc2c(cc1-3)OCO2.[Cl-]. The van der Waals surface area contributed by atoms with E-state index in [-0.39, 0.29) is 29.8 Å². The average molecular weight is 622 g/mol. The number of non-ortho nitro benzene ring substituents is 1. The number of aromatic amines is 1. The van der Waals surface area contributed by atoms with Crippen molar-refractivity contribution in [1.82, 2.24) is 4.98 Å². The molecule has 0 spiro atoms. The summed E-state index contributed by atoms with van der Waals surface area (Å²) in [6, 6.07) is 23.6. The van der Waals surface area contributed by atoms with Gasteiger partial charge in [0.25, 0.3) is 5.69 Å². The second kappa shape index (κ2) is 11.0. The zero-order chi connectivity index (χ0) is 29.9. The molecule has 0 aliphatic carbocycles. The van der Waals surface area contributed by atoms with Gasteiger partial charge in [0.2, 0.25) is 12.5 Å². The lowest BCUT2D eigenvalue weighted by Crippen LogP contribution is -3.00. The van der Waals surface area contributed by atoms with Crippen molar-refractivity contribution in [3.8, 4) is 45.5 Å². The number of rotatable bonds is 6. The maximum atomic E-state index is 11.2. The fourth-order valence-electron chi connectivity index (χ4n) is 6.58. The Labute approximate surface area is 264 Å². The van der Waals surface area contributed by atoms with E-state index in [4.69, 9.17) is 18.9 Å². The highest BCUT2D eigenvalue weighted by Gasteiger charge is 2.32. The van der Waals surface area contributed by atoms with E-state index in [2.05, 4.69) is 58.2 Å². The molecule has 0 atom stereocenters. The number of nitrogens with one attached hydrogen (secondary N) is 1. The van der Waals surface area contributed by atoms with E-state index >= 15 is 0 Å². The van der Waals surface area contributed by atoms with E-state index in [1.807, 2.05) is 12.1 Å². The summed E-state index contributed by atoms with van der Waals surface area (Å²) in [5, 5.41) is 14.1. The Hall–Kier alpha value is -5.28. The molecule has 10 heteroatoms. The summed E-state index contributed by atoms with van der Waals surface area (Å²) in [6.07, 6.45) is 3.74. The second-order valence-electron chi connectivity index (χ2n) is 11.1. The number of benzene rings is 4. The summed E-state index contributed by atoms with van der Waals surface area (Å²) in [7, 11) is 3.34. The highest BCUT2D eigenvalue weighted by Crippen LogP contribution is 2.44. The number of ether oxygens (including phenoxy) is 4. The monoisotopic (exact) mass is 621 g/mol. The van der Waals surface area contributed by atoms with Crippen LogP contribution in [0.1, 0.15) is 16.7 Å². The molecule has 0 saturated carbocycles. The number of nitro groups is 1. The number of H-pyrrole nitrogens is 1. The van der Waals surface area contributed by atoms with E-state index in [1.54, 1.807) is 26.4 Å². The number of hydrogen-bond acceptors (Lipinski definition) is 6. The maximum absolute atomic E-state index is 11.2. The average Bonchev–Trinajstić information content (AvgIpc) is 3.69. The van der Waals surface area contributed by atoms with Gasteiger partial charge in [0.15, 0.2) is 35.7 Å². The molecule has 0 unspecified atom stereocenters. The minimum absolute atomic E-state index is 0. The highest BCUT2D eigenvalue weighted by molar-refractivity contribution is 5.95. The Morgan fingerprint density at radius 2 is 1.73 bits per heavy atom. The number of aromatic nitrogens is 2. The van der Waals surface area contributed by atoms with E-state index in [9.17, 15) is 10.1 Å². The van der Waals surface area contributed by atoms with Gasteiger partial charge < -0.3 is 36.3 Å². The van der Waals surface area contributed by atoms with Crippen LogP contribution in [0.5, 0.6) is 23.0 Å². The van der Waals surface area contributed by atoms with Crippen molar-refractivity contribution < 1.29 is 40.8 Å². The Morgan fingerprint density at radius 1 is 0.933 bits per heavy atom. The lowest BCUT2D eigenvalue weighted by atomic mass is 9.88. The van der Waals surface area contributed by atoms with Crippen molar-refractivity contribution in [3.63, 3.8) is 0 Å². The normalized spacial score (nSPS) is 12.8. The van der Waals surface area contributed by atoms with Crippen molar-refractivity contribution in [2.24, 2.45) is 0 Å². The number of fused-ring (bicyclic) bond motifs is 6. The van der Waals surface area contributed by atoms with Gasteiger partial charge in [-0.2, -0.15) is 4.57 Å². The van der Waals surface area contributed by atoms with Gasteiger partial charge in [0.05, 0.1) is 30.1 Å². The first-order valence-corrected chi connectivity index (χ1v) is 14.4. The number of pyridine rings is 1. The van der Waals surface area contributed by atoms with Crippen LogP contribution in [0.15, 0.2) is 79.0 Å². The first-order chi connectivity index (χ1) is 21.5. The van der Waals surface area contributed by atoms with Gasteiger partial charge in [-0.3, -0.25) is 10.1 Å². The third-order valence-corrected chi connectivity index (χ3v) is 8.70. The molecule has 2 aliphatic heterocycles. The Morgan fingerprint density at radius 3 is 2.49 bits per heavy atom. The zero-order valence-electron chi connectivity index (χ0n) is 24.6. The van der Waals surface area contributed by atoms with Crippen molar-refractivity contribution in [3.05, 3.63) is 106 Å². The minimum Gasteiger partial charge on any atom is -1.00 e. The fraction of sp³-hybridized carbons (Fsp3) is 0.171. The van der Waals surface area contributed by atoms with Gasteiger partial charge in [-0.1, -0.05) is 24.3 Å². The molecule has 6 aromatic rings. The predicted molar refractivity (Wildman–Crippen MR) is 166 cm³/mol. The fourth-order valence-corrected chi connectivity index (χ4v) is 6.58. The quantitative estimate of drug-likeness (QED) is 0.173. The summed E-state index contributed by atoms with van der Waals surface area (Å²) in [6.45, 7) is 1.06. The molecule has 9 nitrogen and oxygen atoms in total. The number of nitrogens with zero attached hydrogens (tertiary/aromatic N) is 2. The van der Waals surface area contributed by atoms with E-state index in [0.717, 1.165) is 74.2 Å². The predicted octanol–water partition coefficient (Wildman–Crippen LogP) is 3.75. The number of halogens is 1. The second-order valence-corrected chi connectivity index (χ2v) is 11.1. The summed E-state index contributed by atoms with van der Waals surface area (Å²) in [5.41, 5.74) is 8.74. The number of nitro benzene ring substituents is 1. The summed E-state index contributed by atoms with van der Waals surface area (Å²) < 4.78 is 25.3. The molecule has 8 rings (SSSR count). The third kappa shape index (κ3) is 4.67. The van der Waals surface area contributed by atoms with Crippen molar-refractivity contribution in [2.75, 3.05) is 21.0 Å². The molecule has 45 heavy (non-hydrogen) atoms. The molecule has 4 heterocycles. The van der Waals surface area contributed by atoms with Gasteiger partial charge in [-0.05, 0) is 53.1 Å². The molecular formula is C35H28ClN3O6. The Bertz CT molecular complexity index is 2140. The van der Waals surface area contributed by atoms with Crippen LogP contribution in [0.4, 0.5) is 5.69 Å². The molecule has 0 fully saturated rings. The van der Waals surface area contributed by atoms with Crippen LogP contribution in [0.25, 0.3) is 44.2 Å². The molecule has 0 radical (unpaired) electrons. The van der Waals surface area contributed by atoms with Gasteiger partial charge >= 0.3 is 0 Å². The highest BCUT2D eigenvalue weighted by atomic mass is 35.5. The van der Waals surface area contributed by atoms with Crippen LogP contribution in [-0.4, -0.2) is 30.9 Å². The van der Waals surface area contributed by atoms with Crippen LogP contribution >= 0.6 is 0 Å². The van der Waals surface area contributed by atoms with Crippen LogP contribution in [0.3, 0.4) is 0 Å². The largest absolute Gasteiger partial charge is 1.00 e. The first kappa shape index (κ1) is 28.5. The van der Waals surface area contributed by atoms with E-state index < -0.39 is 0 Å². The van der Waals surface area contributed by atoms with Crippen LogP contribution in [0, 0.1) is 10.1 Å². The molecule has 2 aliphatic rings. The van der Waals surface area contributed by atoms with Gasteiger partial charge in [-0.15, -0.1) is 0 Å².